The van der Waals surface area contributed by atoms with Gasteiger partial charge in [-0.15, -0.1) is 11.3 Å². The van der Waals surface area contributed by atoms with Gasteiger partial charge in [0.15, 0.2) is 0 Å². The highest BCUT2D eigenvalue weighted by Gasteiger charge is 2.19. The Labute approximate surface area is 165 Å². The average molecular weight is 420 g/mol. The lowest BCUT2D eigenvalue weighted by Gasteiger charge is -2.12. The van der Waals surface area contributed by atoms with Gasteiger partial charge in [0.25, 0.3) is 5.69 Å². The van der Waals surface area contributed by atoms with Crippen LogP contribution in [0.25, 0.3) is 21.6 Å². The van der Waals surface area contributed by atoms with E-state index in [-0.39, 0.29) is 5.69 Å². The number of thiophene rings is 1. The number of hydrogen-bond acceptors (Lipinski definition) is 5. The molecule has 0 aliphatic heterocycles. The Kier molecular flexibility index (Phi) is 5.48. The summed E-state index contributed by atoms with van der Waals surface area (Å²) in [5.41, 5.74) is 1.97. The van der Waals surface area contributed by atoms with Crippen molar-refractivity contribution in [2.75, 3.05) is 4.72 Å². The summed E-state index contributed by atoms with van der Waals surface area (Å²) in [5.74, 6) is -0.683. The minimum atomic E-state index is -3.47. The zero-order valence-electron chi connectivity index (χ0n) is 15.0. The maximum atomic E-state index is 13.7. The first-order valence-corrected chi connectivity index (χ1v) is 10.7. The van der Waals surface area contributed by atoms with Crippen LogP contribution in [-0.4, -0.2) is 18.6 Å². The maximum Gasteiger partial charge on any atom is 0.272 e. The summed E-state index contributed by atoms with van der Waals surface area (Å²) in [6.07, 6.45) is 0. The first-order chi connectivity index (χ1) is 13.2. The normalized spacial score (nSPS) is 11.6. The molecule has 28 heavy (non-hydrogen) atoms. The first-order valence-electron chi connectivity index (χ1n) is 8.32. The van der Waals surface area contributed by atoms with E-state index in [1.54, 1.807) is 49.6 Å². The zero-order chi connectivity index (χ0) is 20.5. The summed E-state index contributed by atoms with van der Waals surface area (Å²) in [6.45, 7) is 3.20. The van der Waals surface area contributed by atoms with Crippen LogP contribution in [0, 0.1) is 15.9 Å². The topological polar surface area (TPSA) is 89.3 Å². The number of hydrogen-bond donors (Lipinski definition) is 1. The summed E-state index contributed by atoms with van der Waals surface area (Å²) in [4.78, 5) is 11.0. The lowest BCUT2D eigenvalue weighted by Crippen LogP contribution is -2.22. The average Bonchev–Trinajstić information content (AvgIpc) is 3.08. The molecule has 0 saturated heterocycles. The van der Waals surface area contributed by atoms with Gasteiger partial charge in [-0.05, 0) is 48.1 Å². The molecule has 0 aliphatic carbocycles. The van der Waals surface area contributed by atoms with E-state index in [9.17, 15) is 22.9 Å². The fourth-order valence-corrected chi connectivity index (χ4v) is 4.18. The molecule has 3 rings (SSSR count). The highest BCUT2D eigenvalue weighted by Crippen LogP contribution is 2.36. The first kappa shape index (κ1) is 20.0. The summed E-state index contributed by atoms with van der Waals surface area (Å²) >= 11 is 1.39. The van der Waals surface area contributed by atoms with Crippen LogP contribution in [0.2, 0.25) is 0 Å². The summed E-state index contributed by atoms with van der Waals surface area (Å²) in [5, 5.41) is 12.2. The fourth-order valence-electron chi connectivity index (χ4n) is 2.54. The van der Waals surface area contributed by atoms with Crippen LogP contribution in [-0.2, 0) is 10.0 Å². The maximum absolute atomic E-state index is 13.7. The van der Waals surface area contributed by atoms with E-state index in [0.29, 0.717) is 16.8 Å². The van der Waals surface area contributed by atoms with Gasteiger partial charge in [-0.25, -0.2) is 12.8 Å². The van der Waals surface area contributed by atoms with Crippen molar-refractivity contribution in [2.24, 2.45) is 0 Å². The predicted molar refractivity (Wildman–Crippen MR) is 109 cm³/mol. The summed E-state index contributed by atoms with van der Waals surface area (Å²) in [7, 11) is -3.47. The molecule has 0 radical (unpaired) electrons. The fraction of sp³-hybridized carbons (Fsp3) is 0.158. The quantitative estimate of drug-likeness (QED) is 0.434. The van der Waals surface area contributed by atoms with Gasteiger partial charge in [-0.2, -0.15) is 0 Å². The Balaban J connectivity index is 1.93. The van der Waals surface area contributed by atoms with Gasteiger partial charge in [0.1, 0.15) is 5.82 Å². The van der Waals surface area contributed by atoms with Gasteiger partial charge >= 0.3 is 0 Å². The number of halogens is 1. The van der Waals surface area contributed by atoms with E-state index in [2.05, 4.69) is 4.72 Å². The monoisotopic (exact) mass is 420 g/mol. The molecule has 146 valence electrons. The number of rotatable bonds is 6. The molecule has 6 nitrogen and oxygen atoms in total. The van der Waals surface area contributed by atoms with E-state index in [1.165, 1.54) is 23.5 Å². The van der Waals surface area contributed by atoms with Crippen LogP contribution in [0.3, 0.4) is 0 Å². The summed E-state index contributed by atoms with van der Waals surface area (Å²) in [6, 6.07) is 12.1. The zero-order valence-corrected chi connectivity index (χ0v) is 16.7. The third-order valence-corrected chi connectivity index (χ3v) is 6.82. The Hall–Kier alpha value is -2.78. The van der Waals surface area contributed by atoms with Crippen molar-refractivity contribution in [3.63, 3.8) is 0 Å². The second-order valence-electron chi connectivity index (χ2n) is 6.39. The lowest BCUT2D eigenvalue weighted by atomic mass is 10.0. The van der Waals surface area contributed by atoms with Crippen molar-refractivity contribution in [1.29, 1.82) is 0 Å². The van der Waals surface area contributed by atoms with Crippen molar-refractivity contribution in [3.05, 3.63) is 69.8 Å². The molecule has 3 aromatic rings. The van der Waals surface area contributed by atoms with Crippen molar-refractivity contribution >= 4 is 32.7 Å². The Morgan fingerprint density at radius 3 is 2.29 bits per heavy atom. The number of sulfonamides is 1. The molecule has 9 heteroatoms. The third-order valence-electron chi connectivity index (χ3n) is 4.11. The molecule has 0 spiro atoms. The summed E-state index contributed by atoms with van der Waals surface area (Å²) < 4.78 is 40.6. The molecular weight excluding hydrogens is 403 g/mol. The van der Waals surface area contributed by atoms with Crippen LogP contribution >= 0.6 is 11.3 Å². The second kappa shape index (κ2) is 7.69. The predicted octanol–water partition coefficient (Wildman–Crippen LogP) is 5.28. The molecule has 1 aromatic heterocycles. The Bertz CT molecular complexity index is 1120. The molecule has 0 atom stereocenters. The number of nitro groups is 1. The molecule has 0 aliphatic rings. The molecule has 1 N–H and O–H groups in total. The third kappa shape index (κ3) is 4.20. The SMILES string of the molecule is CC(C)S(=O)(=O)Nc1ccsc1-c1ccc(-c2cc(F)cc([N+](=O)[O-])c2)cc1. The van der Waals surface area contributed by atoms with Crippen LogP contribution < -0.4 is 4.72 Å². The van der Waals surface area contributed by atoms with Gasteiger partial charge in [-0.1, -0.05) is 24.3 Å². The second-order valence-corrected chi connectivity index (χ2v) is 9.54. The Morgan fingerprint density at radius 1 is 1.04 bits per heavy atom. The number of nitro benzene ring substituents is 1. The molecule has 2 aromatic carbocycles. The molecular formula is C19H17FN2O4S2. The largest absolute Gasteiger partial charge is 0.282 e. The number of nitrogens with zero attached hydrogens (tertiary/aromatic N) is 1. The standard InChI is InChI=1S/C19H17FN2O4S2/c1-12(2)28(25,26)21-18-7-8-27-19(18)14-5-3-13(4-6-14)15-9-16(20)11-17(10-15)22(23)24/h3-12,21H,1-2H3. The van der Waals surface area contributed by atoms with Gasteiger partial charge < -0.3 is 0 Å². The van der Waals surface area contributed by atoms with Crippen molar-refractivity contribution < 1.29 is 17.7 Å². The van der Waals surface area contributed by atoms with E-state index in [4.69, 9.17) is 0 Å². The van der Waals surface area contributed by atoms with Gasteiger partial charge in [0, 0.05) is 6.07 Å². The highest BCUT2D eigenvalue weighted by molar-refractivity contribution is 7.93. The van der Waals surface area contributed by atoms with Crippen molar-refractivity contribution in [2.45, 2.75) is 19.1 Å². The molecule has 0 unspecified atom stereocenters. The van der Waals surface area contributed by atoms with E-state index in [1.807, 2.05) is 0 Å². The van der Waals surface area contributed by atoms with E-state index < -0.39 is 26.0 Å². The number of anilines is 1. The smallest absolute Gasteiger partial charge is 0.272 e. The van der Waals surface area contributed by atoms with Crippen LogP contribution in [0.4, 0.5) is 15.8 Å². The van der Waals surface area contributed by atoms with Gasteiger partial charge in [-0.3, -0.25) is 14.8 Å². The minimum absolute atomic E-state index is 0.317. The molecule has 0 saturated carbocycles. The molecule has 0 fully saturated rings. The lowest BCUT2D eigenvalue weighted by molar-refractivity contribution is -0.385. The minimum Gasteiger partial charge on any atom is -0.282 e. The molecule has 0 amide bonds. The highest BCUT2D eigenvalue weighted by atomic mass is 32.2. The van der Waals surface area contributed by atoms with Gasteiger partial charge in [0.2, 0.25) is 10.0 Å². The van der Waals surface area contributed by atoms with Crippen molar-refractivity contribution in [1.82, 2.24) is 0 Å². The molecule has 1 heterocycles. The number of non-ortho nitro benzene ring substituents is 1. The van der Waals surface area contributed by atoms with Crippen LogP contribution in [0.1, 0.15) is 13.8 Å². The van der Waals surface area contributed by atoms with Crippen LogP contribution in [0.5, 0.6) is 0 Å². The molecule has 0 bridgehead atoms. The van der Waals surface area contributed by atoms with Crippen molar-refractivity contribution in [3.8, 4) is 21.6 Å². The van der Waals surface area contributed by atoms with E-state index >= 15 is 0 Å². The number of nitrogens with one attached hydrogen (secondary N) is 1. The van der Waals surface area contributed by atoms with Gasteiger partial charge in [0.05, 0.1) is 26.8 Å². The van der Waals surface area contributed by atoms with Crippen LogP contribution in [0.15, 0.2) is 53.9 Å². The Morgan fingerprint density at radius 2 is 1.68 bits per heavy atom. The van der Waals surface area contributed by atoms with E-state index in [0.717, 1.165) is 16.5 Å². The number of benzene rings is 2.